The van der Waals surface area contributed by atoms with Crippen LogP contribution in [0.5, 0.6) is 5.88 Å². The molecule has 31 heavy (non-hydrogen) atoms. The number of methoxy groups -OCH3 is 2. The van der Waals surface area contributed by atoms with Gasteiger partial charge in [0.2, 0.25) is 11.8 Å². The summed E-state index contributed by atoms with van der Waals surface area (Å²) in [4.78, 5) is 6.49. The summed E-state index contributed by atoms with van der Waals surface area (Å²) < 4.78 is 26.3. The SMILES string of the molecule is COCc1nnc(N2CC(c3cccc4cc(F)ccc34)C2)n1-c1cccnc1OC. The zero-order valence-electron chi connectivity index (χ0n) is 17.3. The molecule has 7 nitrogen and oxygen atoms in total. The molecule has 1 fully saturated rings. The highest BCUT2D eigenvalue weighted by Gasteiger charge is 2.34. The Morgan fingerprint density at radius 3 is 2.74 bits per heavy atom. The van der Waals surface area contributed by atoms with Crippen molar-refractivity contribution in [2.45, 2.75) is 12.5 Å². The van der Waals surface area contributed by atoms with Crippen molar-refractivity contribution in [3.05, 3.63) is 71.9 Å². The number of nitrogens with zero attached hydrogens (tertiary/aromatic N) is 5. The smallest absolute Gasteiger partial charge is 0.238 e. The molecule has 4 aromatic rings. The number of rotatable bonds is 6. The molecule has 0 bridgehead atoms. The number of fused-ring (bicyclic) bond motifs is 1. The minimum Gasteiger partial charge on any atom is -0.479 e. The number of hydrogen-bond donors (Lipinski definition) is 0. The van der Waals surface area contributed by atoms with E-state index in [1.807, 2.05) is 34.9 Å². The van der Waals surface area contributed by atoms with E-state index < -0.39 is 0 Å². The molecule has 0 atom stereocenters. The van der Waals surface area contributed by atoms with Crippen molar-refractivity contribution in [1.82, 2.24) is 19.7 Å². The molecule has 0 unspecified atom stereocenters. The van der Waals surface area contributed by atoms with E-state index in [9.17, 15) is 4.39 Å². The van der Waals surface area contributed by atoms with Gasteiger partial charge in [-0.15, -0.1) is 10.2 Å². The standard InChI is InChI=1S/C23H22FN5O2/c1-30-14-21-26-27-23(29(21)20-7-4-10-25-22(20)31-2)28-12-16(13-28)18-6-3-5-15-11-17(24)8-9-19(15)18/h3-11,16H,12-14H2,1-2H3. The van der Waals surface area contributed by atoms with Crippen LogP contribution in [-0.2, 0) is 11.3 Å². The van der Waals surface area contributed by atoms with Gasteiger partial charge in [0, 0.05) is 32.3 Å². The van der Waals surface area contributed by atoms with Crippen LogP contribution in [0.15, 0.2) is 54.7 Å². The molecule has 1 saturated heterocycles. The number of ether oxygens (including phenoxy) is 2. The van der Waals surface area contributed by atoms with Crippen LogP contribution in [0.2, 0.25) is 0 Å². The van der Waals surface area contributed by atoms with Crippen molar-refractivity contribution < 1.29 is 13.9 Å². The second-order valence-corrected chi connectivity index (χ2v) is 7.53. The van der Waals surface area contributed by atoms with Crippen LogP contribution in [0.4, 0.5) is 10.3 Å². The first-order valence-corrected chi connectivity index (χ1v) is 10.1. The van der Waals surface area contributed by atoms with E-state index in [2.05, 4.69) is 26.1 Å². The van der Waals surface area contributed by atoms with Crippen LogP contribution in [0, 0.1) is 5.82 Å². The van der Waals surface area contributed by atoms with Crippen LogP contribution in [0.1, 0.15) is 17.3 Å². The first-order chi connectivity index (χ1) is 15.2. The highest BCUT2D eigenvalue weighted by atomic mass is 19.1. The normalized spacial score (nSPS) is 14.1. The van der Waals surface area contributed by atoms with E-state index in [0.717, 1.165) is 35.5 Å². The Kier molecular flexibility index (Phi) is 4.99. The third kappa shape index (κ3) is 3.38. The lowest BCUT2D eigenvalue weighted by Gasteiger charge is -2.40. The zero-order chi connectivity index (χ0) is 21.4. The fourth-order valence-electron chi connectivity index (χ4n) is 4.17. The van der Waals surface area contributed by atoms with Crippen molar-refractivity contribution >= 4 is 16.7 Å². The molecule has 1 aliphatic heterocycles. The summed E-state index contributed by atoms with van der Waals surface area (Å²) in [6, 6.07) is 14.8. The maximum absolute atomic E-state index is 13.6. The minimum atomic E-state index is -0.218. The summed E-state index contributed by atoms with van der Waals surface area (Å²) in [5, 5.41) is 10.8. The van der Waals surface area contributed by atoms with Crippen LogP contribution in [0.3, 0.4) is 0 Å². The van der Waals surface area contributed by atoms with E-state index in [0.29, 0.717) is 24.2 Å². The Morgan fingerprint density at radius 2 is 1.94 bits per heavy atom. The van der Waals surface area contributed by atoms with Crippen LogP contribution in [-0.4, -0.2) is 47.1 Å². The van der Waals surface area contributed by atoms with Crippen molar-refractivity contribution in [3.8, 4) is 11.6 Å². The lowest BCUT2D eigenvalue weighted by molar-refractivity contribution is 0.176. The average molecular weight is 419 g/mol. The Bertz CT molecular complexity index is 1240. The van der Waals surface area contributed by atoms with E-state index in [1.54, 1.807) is 26.5 Å². The third-order valence-corrected chi connectivity index (χ3v) is 5.65. The van der Waals surface area contributed by atoms with E-state index in [4.69, 9.17) is 9.47 Å². The van der Waals surface area contributed by atoms with Gasteiger partial charge in [-0.2, -0.15) is 0 Å². The molecule has 0 aliphatic carbocycles. The summed E-state index contributed by atoms with van der Waals surface area (Å²) in [5.74, 6) is 1.99. The van der Waals surface area contributed by atoms with Gasteiger partial charge >= 0.3 is 0 Å². The molecule has 158 valence electrons. The number of hydrogen-bond acceptors (Lipinski definition) is 6. The van der Waals surface area contributed by atoms with Gasteiger partial charge in [-0.25, -0.2) is 9.37 Å². The molecule has 1 aliphatic rings. The molecule has 2 aromatic heterocycles. The molecular formula is C23H22FN5O2. The van der Waals surface area contributed by atoms with E-state index in [1.165, 1.54) is 11.6 Å². The molecule has 0 N–H and O–H groups in total. The molecule has 0 saturated carbocycles. The highest BCUT2D eigenvalue weighted by Crippen LogP contribution is 2.36. The van der Waals surface area contributed by atoms with E-state index >= 15 is 0 Å². The highest BCUT2D eigenvalue weighted by molar-refractivity contribution is 5.86. The van der Waals surface area contributed by atoms with Crippen molar-refractivity contribution in [1.29, 1.82) is 0 Å². The predicted octanol–water partition coefficient (Wildman–Crippen LogP) is 3.71. The summed E-state index contributed by atoms with van der Waals surface area (Å²) >= 11 is 0. The van der Waals surface area contributed by atoms with Crippen LogP contribution in [0.25, 0.3) is 16.5 Å². The van der Waals surface area contributed by atoms with Crippen LogP contribution < -0.4 is 9.64 Å². The summed E-state index contributed by atoms with van der Waals surface area (Å²) in [6.45, 7) is 1.88. The zero-order valence-corrected chi connectivity index (χ0v) is 17.3. The monoisotopic (exact) mass is 419 g/mol. The third-order valence-electron chi connectivity index (χ3n) is 5.65. The van der Waals surface area contributed by atoms with Gasteiger partial charge in [0.05, 0.1) is 7.11 Å². The van der Waals surface area contributed by atoms with Gasteiger partial charge in [0.15, 0.2) is 5.82 Å². The number of pyridine rings is 1. The molecule has 3 heterocycles. The first kappa shape index (κ1) is 19.4. The van der Waals surface area contributed by atoms with Crippen LogP contribution >= 0.6 is 0 Å². The Labute approximate surface area is 179 Å². The minimum absolute atomic E-state index is 0.218. The average Bonchev–Trinajstić information content (AvgIpc) is 3.15. The quantitative estimate of drug-likeness (QED) is 0.475. The second-order valence-electron chi connectivity index (χ2n) is 7.53. The fraction of sp³-hybridized carbons (Fsp3) is 0.261. The van der Waals surface area contributed by atoms with Crippen molar-refractivity contribution in [3.63, 3.8) is 0 Å². The van der Waals surface area contributed by atoms with Gasteiger partial charge in [0.25, 0.3) is 0 Å². The number of aromatic nitrogens is 4. The molecule has 2 aromatic carbocycles. The van der Waals surface area contributed by atoms with Gasteiger partial charge in [-0.1, -0.05) is 24.3 Å². The van der Waals surface area contributed by atoms with E-state index in [-0.39, 0.29) is 5.82 Å². The molecule has 0 amide bonds. The Balaban J connectivity index is 1.47. The molecular weight excluding hydrogens is 397 g/mol. The maximum atomic E-state index is 13.6. The maximum Gasteiger partial charge on any atom is 0.238 e. The number of halogens is 1. The molecule has 0 spiro atoms. The number of anilines is 1. The number of benzene rings is 2. The lowest BCUT2D eigenvalue weighted by Crippen LogP contribution is -2.46. The van der Waals surface area contributed by atoms with Gasteiger partial charge in [-0.3, -0.25) is 4.57 Å². The van der Waals surface area contributed by atoms with Gasteiger partial charge in [-0.05, 0) is 40.6 Å². The summed E-state index contributed by atoms with van der Waals surface area (Å²) in [5.41, 5.74) is 1.98. The summed E-state index contributed by atoms with van der Waals surface area (Å²) in [7, 11) is 3.22. The topological polar surface area (TPSA) is 65.3 Å². The second kappa shape index (κ2) is 7.96. The van der Waals surface area contributed by atoms with Gasteiger partial charge < -0.3 is 14.4 Å². The van der Waals surface area contributed by atoms with Gasteiger partial charge in [0.1, 0.15) is 18.1 Å². The Morgan fingerprint density at radius 1 is 1.06 bits per heavy atom. The first-order valence-electron chi connectivity index (χ1n) is 10.1. The lowest BCUT2D eigenvalue weighted by atomic mass is 9.88. The summed E-state index contributed by atoms with van der Waals surface area (Å²) in [6.07, 6.45) is 1.69. The molecule has 8 heteroatoms. The predicted molar refractivity (Wildman–Crippen MR) is 115 cm³/mol. The van der Waals surface area contributed by atoms with Crippen molar-refractivity contribution in [2.75, 3.05) is 32.2 Å². The molecule has 5 rings (SSSR count). The fourth-order valence-corrected chi connectivity index (χ4v) is 4.17. The largest absolute Gasteiger partial charge is 0.479 e. The molecule has 0 radical (unpaired) electrons. The van der Waals surface area contributed by atoms with Crippen molar-refractivity contribution in [2.24, 2.45) is 0 Å². The Hall–Kier alpha value is -3.52.